The van der Waals surface area contributed by atoms with Gasteiger partial charge in [-0.05, 0) is 68.2 Å². The molecule has 4 heterocycles. The Morgan fingerprint density at radius 2 is 1.84 bits per heavy atom. The molecule has 0 aliphatic carbocycles. The van der Waals surface area contributed by atoms with Gasteiger partial charge in [0.05, 0.1) is 41.5 Å². The second-order valence-corrected chi connectivity index (χ2v) is 12.6. The average molecular weight is 698 g/mol. The van der Waals surface area contributed by atoms with Crippen LogP contribution in [0.3, 0.4) is 0 Å². The fraction of sp³-hybridized carbons (Fsp3) is 0.333. The summed E-state index contributed by atoms with van der Waals surface area (Å²) in [5, 5.41) is 21.5. The van der Waals surface area contributed by atoms with Crippen LogP contribution in [0.5, 0.6) is 0 Å². The smallest absolute Gasteiger partial charge is 0.264 e. The molecule has 51 heavy (non-hydrogen) atoms. The minimum absolute atomic E-state index is 0.0977. The lowest BCUT2D eigenvalue weighted by Gasteiger charge is -2.33. The van der Waals surface area contributed by atoms with Crippen LogP contribution >= 0.6 is 0 Å². The maximum Gasteiger partial charge on any atom is 0.264 e. The van der Waals surface area contributed by atoms with Gasteiger partial charge in [-0.15, -0.1) is 0 Å². The number of piperidine rings is 1. The number of fused-ring (bicyclic) bond motifs is 2. The van der Waals surface area contributed by atoms with E-state index in [1.165, 1.54) is 0 Å². The second kappa shape index (κ2) is 14.6. The highest BCUT2D eigenvalue weighted by Gasteiger charge is 2.45. The van der Waals surface area contributed by atoms with Crippen molar-refractivity contribution >= 4 is 58.5 Å². The third kappa shape index (κ3) is 7.11. The van der Waals surface area contributed by atoms with Gasteiger partial charge < -0.3 is 41.8 Å². The summed E-state index contributed by atoms with van der Waals surface area (Å²) in [5.41, 5.74) is 11.3. The number of benzene rings is 2. The molecule has 3 aliphatic heterocycles. The van der Waals surface area contributed by atoms with E-state index in [2.05, 4.69) is 26.3 Å². The number of carbonyl (C=O) groups excluding carboxylic acids is 6. The first-order valence-electron chi connectivity index (χ1n) is 16.7. The molecule has 15 nitrogen and oxygen atoms in total. The molecule has 2 unspecified atom stereocenters. The summed E-state index contributed by atoms with van der Waals surface area (Å²) in [6.45, 7) is 4.58. The molecule has 0 bridgehead atoms. The number of nitrogens with two attached hydrogens (primary N) is 1. The molecule has 0 spiro atoms. The van der Waals surface area contributed by atoms with Crippen LogP contribution in [0.4, 0.5) is 11.4 Å². The van der Waals surface area contributed by atoms with Crippen LogP contribution in [0.2, 0.25) is 0 Å². The van der Waals surface area contributed by atoms with Gasteiger partial charge in [0.2, 0.25) is 11.8 Å². The summed E-state index contributed by atoms with van der Waals surface area (Å²) in [5.74, 6) is -2.37. The van der Waals surface area contributed by atoms with Gasteiger partial charge in [-0.2, -0.15) is 0 Å². The van der Waals surface area contributed by atoms with Gasteiger partial charge >= 0.3 is 0 Å². The maximum atomic E-state index is 13.3. The van der Waals surface area contributed by atoms with Gasteiger partial charge in [0.1, 0.15) is 6.23 Å². The van der Waals surface area contributed by atoms with Crippen LogP contribution in [0.1, 0.15) is 78.4 Å². The molecule has 6 amide bonds. The van der Waals surface area contributed by atoms with E-state index in [-0.39, 0.29) is 67.9 Å². The van der Waals surface area contributed by atoms with Crippen LogP contribution in [-0.2, 0) is 25.5 Å². The number of hydrogen-bond donors (Lipinski definition) is 7. The molecule has 15 heteroatoms. The molecule has 8 N–H and O–H groups in total. The molecule has 1 saturated heterocycles. The summed E-state index contributed by atoms with van der Waals surface area (Å²) in [6, 6.07) is 9.54. The third-order valence-electron chi connectivity index (χ3n) is 9.23. The van der Waals surface area contributed by atoms with Crippen LogP contribution < -0.4 is 27.0 Å². The number of nitrogens with one attached hydrogen (secondary N) is 5. The summed E-state index contributed by atoms with van der Waals surface area (Å²) in [7, 11) is 0. The molecule has 266 valence electrons. The summed E-state index contributed by atoms with van der Waals surface area (Å²) in [6.07, 6.45) is 1.31. The SMILES string of the molecule is Cc1[nH]c(/C=C2\C(=O)Nc3ccc(CCC(N)=O)cc32)c(C)c1C(=O)NCCOCCNc1cccc2c1C(=O)N(C1CCC(=O)NC1O)C2=O. The molecule has 3 aromatic rings. The number of nitrogens with zero attached hydrogens (tertiary/aromatic N) is 1. The number of amides is 6. The Morgan fingerprint density at radius 1 is 1.06 bits per heavy atom. The van der Waals surface area contributed by atoms with Crippen molar-refractivity contribution in [3.8, 4) is 0 Å². The average Bonchev–Trinajstić information content (AvgIpc) is 3.65. The Morgan fingerprint density at radius 3 is 2.61 bits per heavy atom. The number of hydrogen-bond acceptors (Lipinski definition) is 9. The number of ether oxygens (including phenoxy) is 1. The maximum absolute atomic E-state index is 13.3. The molecule has 2 atom stereocenters. The number of rotatable bonds is 13. The largest absolute Gasteiger partial charge is 0.382 e. The molecule has 6 rings (SSSR count). The molecule has 1 aromatic heterocycles. The van der Waals surface area contributed by atoms with Gasteiger partial charge in [-0.1, -0.05) is 12.1 Å². The number of aromatic nitrogens is 1. The van der Waals surface area contributed by atoms with E-state index in [9.17, 15) is 33.9 Å². The van der Waals surface area contributed by atoms with Gasteiger partial charge in [-0.3, -0.25) is 33.7 Å². The zero-order chi connectivity index (χ0) is 36.4. The van der Waals surface area contributed by atoms with Crippen LogP contribution in [-0.4, -0.2) is 89.0 Å². The van der Waals surface area contributed by atoms with Crippen molar-refractivity contribution in [3.63, 3.8) is 0 Å². The Kier molecular flexibility index (Phi) is 10.0. The highest BCUT2D eigenvalue weighted by atomic mass is 16.5. The number of H-pyrrole nitrogens is 1. The molecule has 1 fully saturated rings. The number of primary amides is 1. The van der Waals surface area contributed by atoms with Gasteiger partial charge in [-0.25, -0.2) is 0 Å². The van der Waals surface area contributed by atoms with Crippen molar-refractivity contribution in [1.82, 2.24) is 20.5 Å². The summed E-state index contributed by atoms with van der Waals surface area (Å²) in [4.78, 5) is 79.4. The van der Waals surface area contributed by atoms with Crippen molar-refractivity contribution < 1.29 is 38.6 Å². The van der Waals surface area contributed by atoms with Crippen molar-refractivity contribution in [2.75, 3.05) is 36.9 Å². The minimum Gasteiger partial charge on any atom is -0.382 e. The number of carbonyl (C=O) groups is 6. The van der Waals surface area contributed by atoms with Gasteiger partial charge in [0, 0.05) is 54.3 Å². The van der Waals surface area contributed by atoms with Crippen LogP contribution in [0.15, 0.2) is 36.4 Å². The highest BCUT2D eigenvalue weighted by molar-refractivity contribution is 6.35. The first-order chi connectivity index (χ1) is 24.4. The van der Waals surface area contributed by atoms with Crippen molar-refractivity contribution in [3.05, 3.63) is 81.2 Å². The zero-order valence-corrected chi connectivity index (χ0v) is 28.2. The monoisotopic (exact) mass is 697 g/mol. The van der Waals surface area contributed by atoms with E-state index in [0.717, 1.165) is 10.5 Å². The van der Waals surface area contributed by atoms with Gasteiger partial charge in [0.25, 0.3) is 23.6 Å². The second-order valence-electron chi connectivity index (χ2n) is 12.6. The fourth-order valence-corrected chi connectivity index (χ4v) is 6.68. The first kappa shape index (κ1) is 35.0. The lowest BCUT2D eigenvalue weighted by molar-refractivity contribution is -0.129. The van der Waals surface area contributed by atoms with Gasteiger partial charge in [0.15, 0.2) is 0 Å². The number of aromatic amines is 1. The zero-order valence-electron chi connectivity index (χ0n) is 28.2. The van der Waals surface area contributed by atoms with Crippen LogP contribution in [0, 0.1) is 13.8 Å². The fourth-order valence-electron chi connectivity index (χ4n) is 6.68. The van der Waals surface area contributed by atoms with E-state index in [4.69, 9.17) is 10.5 Å². The molecule has 2 aromatic carbocycles. The Balaban J connectivity index is 1.00. The van der Waals surface area contributed by atoms with Crippen molar-refractivity contribution in [2.24, 2.45) is 5.73 Å². The predicted molar refractivity (Wildman–Crippen MR) is 186 cm³/mol. The quantitative estimate of drug-likeness (QED) is 0.0781. The lowest BCUT2D eigenvalue weighted by Crippen LogP contribution is -2.57. The van der Waals surface area contributed by atoms with E-state index in [1.54, 1.807) is 44.2 Å². The van der Waals surface area contributed by atoms with E-state index in [0.29, 0.717) is 58.0 Å². The predicted octanol–water partition coefficient (Wildman–Crippen LogP) is 1.59. The number of imide groups is 1. The van der Waals surface area contributed by atoms with E-state index in [1.807, 2.05) is 12.1 Å². The number of aryl methyl sites for hydroxylation is 2. The summed E-state index contributed by atoms with van der Waals surface area (Å²) < 4.78 is 5.69. The first-order valence-corrected chi connectivity index (χ1v) is 16.7. The topological polar surface area (TPSA) is 225 Å². The lowest BCUT2D eigenvalue weighted by atomic mass is 10.00. The van der Waals surface area contributed by atoms with E-state index < -0.39 is 30.0 Å². The Hall–Kier alpha value is -5.80. The number of anilines is 2. The standard InChI is InChI=1S/C36H39N7O8/c1-18-26(17-23-22-16-20(7-10-28(37)44)6-8-24(22)41-32(23)46)40-19(2)30(18)34(48)39-13-15-51-14-12-38-25-5-3-4-21-31(25)36(50)43(35(21)49)27-9-11-29(45)42-33(27)47/h3-6,8,16-17,27,33,38,40,47H,7,9-15H2,1-2H3,(H2,37,44)(H,39,48)(H,41,46)(H,42,45)/b23-17-. The molecule has 0 saturated carbocycles. The molecular formula is C36H39N7O8. The Bertz CT molecular complexity index is 1980. The van der Waals surface area contributed by atoms with Crippen molar-refractivity contribution in [1.29, 1.82) is 0 Å². The van der Waals surface area contributed by atoms with Crippen LogP contribution in [0.25, 0.3) is 11.6 Å². The molecule has 0 radical (unpaired) electrons. The number of aliphatic hydroxyl groups is 1. The minimum atomic E-state index is -1.34. The molecular weight excluding hydrogens is 658 g/mol. The Labute approximate surface area is 293 Å². The third-order valence-corrected chi connectivity index (χ3v) is 9.23. The summed E-state index contributed by atoms with van der Waals surface area (Å²) >= 11 is 0. The number of aliphatic hydroxyl groups excluding tert-OH is 1. The molecule has 3 aliphatic rings. The van der Waals surface area contributed by atoms with Crippen molar-refractivity contribution in [2.45, 2.75) is 51.8 Å². The highest BCUT2D eigenvalue weighted by Crippen LogP contribution is 2.35. The normalized spacial score (nSPS) is 18.8. The van der Waals surface area contributed by atoms with E-state index >= 15 is 0 Å².